The Hall–Kier alpha value is -2.42. The number of non-ortho nitro benzene ring substituents is 1. The predicted octanol–water partition coefficient (Wildman–Crippen LogP) is 5.41. The molecule has 182 valence electrons. The van der Waals surface area contributed by atoms with Gasteiger partial charge in [-0.05, 0) is 50.3 Å². The molecule has 0 heterocycles. The highest BCUT2D eigenvalue weighted by atomic mass is 32.2. The summed E-state index contributed by atoms with van der Waals surface area (Å²) < 4.78 is 3.01. The number of nitro groups is 1. The summed E-state index contributed by atoms with van der Waals surface area (Å²) in [5, 5.41) is 23.5. The summed E-state index contributed by atoms with van der Waals surface area (Å²) in [5.41, 5.74) is 1.37. The molecule has 0 spiro atoms. The van der Waals surface area contributed by atoms with Crippen molar-refractivity contribution in [2.24, 2.45) is 0 Å². The standard InChI is InChI=1S/C16H23N3O4S.C7H8.C2H6/c20-14(7-10-16(21)18-12-3-1-2-4-12)11-17-24-15-8-5-13(6-9-15)19(22)23;1-7-5-3-2-4-6-7;1-2/h5-6,8-9,12,14,17,20H,1-4,7,10-11H2,(H,18,21);2-6H,1H3;1-2H3. The van der Waals surface area contributed by atoms with Crippen LogP contribution in [-0.4, -0.2) is 34.6 Å². The highest BCUT2D eigenvalue weighted by molar-refractivity contribution is 7.97. The van der Waals surface area contributed by atoms with Gasteiger partial charge in [0.25, 0.3) is 5.69 Å². The van der Waals surface area contributed by atoms with Gasteiger partial charge in [-0.25, -0.2) is 0 Å². The average Bonchev–Trinajstić information content (AvgIpc) is 3.33. The Labute approximate surface area is 201 Å². The van der Waals surface area contributed by atoms with Crippen LogP contribution in [0.15, 0.2) is 59.5 Å². The summed E-state index contributed by atoms with van der Waals surface area (Å²) in [6.07, 6.45) is 4.59. The van der Waals surface area contributed by atoms with E-state index in [1.54, 1.807) is 12.1 Å². The zero-order chi connectivity index (χ0) is 24.5. The largest absolute Gasteiger partial charge is 0.392 e. The number of aliphatic hydroxyl groups is 1. The van der Waals surface area contributed by atoms with Crippen LogP contribution in [0.1, 0.15) is 57.9 Å². The van der Waals surface area contributed by atoms with E-state index in [0.29, 0.717) is 25.4 Å². The second-order valence-corrected chi connectivity index (χ2v) is 8.56. The van der Waals surface area contributed by atoms with Gasteiger partial charge in [0.15, 0.2) is 0 Å². The van der Waals surface area contributed by atoms with Crippen molar-refractivity contribution in [2.75, 3.05) is 6.54 Å². The van der Waals surface area contributed by atoms with Gasteiger partial charge >= 0.3 is 0 Å². The van der Waals surface area contributed by atoms with E-state index in [0.717, 1.165) is 17.7 Å². The van der Waals surface area contributed by atoms with Crippen molar-refractivity contribution in [1.82, 2.24) is 10.0 Å². The van der Waals surface area contributed by atoms with Gasteiger partial charge in [-0.15, -0.1) is 0 Å². The molecule has 8 heteroatoms. The second kappa shape index (κ2) is 17.1. The molecule has 1 atom stereocenters. The number of rotatable bonds is 9. The number of hydrogen-bond acceptors (Lipinski definition) is 6. The SMILES string of the molecule is CC.Cc1ccccc1.O=C(CCC(O)CNSc1ccc([N+](=O)[O-])cc1)NC1CCCC1. The molecule has 33 heavy (non-hydrogen) atoms. The molecule has 0 saturated heterocycles. The van der Waals surface area contributed by atoms with E-state index in [2.05, 4.69) is 29.1 Å². The molecule has 2 aromatic rings. The lowest BCUT2D eigenvalue weighted by atomic mass is 10.1. The number of amides is 1. The number of nitrogens with one attached hydrogen (secondary N) is 2. The fraction of sp³-hybridized carbons (Fsp3) is 0.480. The molecule has 1 saturated carbocycles. The van der Waals surface area contributed by atoms with Crippen molar-refractivity contribution in [1.29, 1.82) is 0 Å². The Morgan fingerprint density at radius 3 is 2.24 bits per heavy atom. The molecule has 3 rings (SSSR count). The van der Waals surface area contributed by atoms with Gasteiger partial charge in [-0.1, -0.05) is 62.6 Å². The lowest BCUT2D eigenvalue weighted by molar-refractivity contribution is -0.384. The maximum Gasteiger partial charge on any atom is 0.269 e. The number of carbonyl (C=O) groups excluding carboxylic acids is 1. The number of nitrogens with zero attached hydrogens (tertiary/aromatic N) is 1. The maximum absolute atomic E-state index is 11.8. The number of aryl methyl sites for hydroxylation is 1. The van der Waals surface area contributed by atoms with Crippen molar-refractivity contribution in [2.45, 2.75) is 76.3 Å². The third-order valence-corrected chi connectivity index (χ3v) is 5.74. The molecule has 1 amide bonds. The lowest BCUT2D eigenvalue weighted by Gasteiger charge is -2.14. The first-order valence-corrected chi connectivity index (χ1v) is 12.4. The normalized spacial score (nSPS) is 13.7. The van der Waals surface area contributed by atoms with E-state index in [1.165, 1.54) is 42.5 Å². The second-order valence-electron chi connectivity index (χ2n) is 7.60. The first kappa shape index (κ1) is 28.6. The topological polar surface area (TPSA) is 104 Å². The minimum atomic E-state index is -0.607. The Morgan fingerprint density at radius 1 is 1.12 bits per heavy atom. The predicted molar refractivity (Wildman–Crippen MR) is 135 cm³/mol. The molecular weight excluding hydrogens is 438 g/mol. The monoisotopic (exact) mass is 475 g/mol. The first-order valence-electron chi connectivity index (χ1n) is 11.6. The minimum absolute atomic E-state index is 0.00368. The quantitative estimate of drug-likeness (QED) is 0.254. The molecule has 0 bridgehead atoms. The molecule has 0 aromatic heterocycles. The van der Waals surface area contributed by atoms with Crippen LogP contribution in [0.3, 0.4) is 0 Å². The molecule has 1 aliphatic rings. The van der Waals surface area contributed by atoms with Gasteiger partial charge in [-0.3, -0.25) is 19.6 Å². The molecule has 1 unspecified atom stereocenters. The number of benzene rings is 2. The Bertz CT molecular complexity index is 797. The van der Waals surface area contributed by atoms with Crippen LogP contribution in [0.4, 0.5) is 5.69 Å². The Kier molecular flexibility index (Phi) is 14.8. The zero-order valence-corrected chi connectivity index (χ0v) is 20.6. The first-order chi connectivity index (χ1) is 15.9. The highest BCUT2D eigenvalue weighted by Crippen LogP contribution is 2.19. The van der Waals surface area contributed by atoms with Crippen molar-refractivity contribution in [3.05, 3.63) is 70.3 Å². The summed E-state index contributed by atoms with van der Waals surface area (Å²) in [6.45, 7) is 6.43. The van der Waals surface area contributed by atoms with E-state index in [-0.39, 0.29) is 11.6 Å². The Morgan fingerprint density at radius 2 is 1.73 bits per heavy atom. The van der Waals surface area contributed by atoms with Crippen LogP contribution < -0.4 is 10.0 Å². The van der Waals surface area contributed by atoms with Gasteiger partial charge in [0, 0.05) is 36.0 Å². The molecule has 0 aliphatic heterocycles. The molecule has 1 aliphatic carbocycles. The van der Waals surface area contributed by atoms with Crippen LogP contribution in [0.5, 0.6) is 0 Å². The van der Waals surface area contributed by atoms with Crippen LogP contribution in [0.25, 0.3) is 0 Å². The summed E-state index contributed by atoms with van der Waals surface area (Å²) in [5.74, 6) is 0.00368. The van der Waals surface area contributed by atoms with Crippen LogP contribution in [0.2, 0.25) is 0 Å². The number of nitro benzene ring substituents is 1. The van der Waals surface area contributed by atoms with Crippen molar-refractivity contribution >= 4 is 23.5 Å². The van der Waals surface area contributed by atoms with Crippen LogP contribution in [0, 0.1) is 17.0 Å². The van der Waals surface area contributed by atoms with Crippen molar-refractivity contribution in [3.8, 4) is 0 Å². The molecular formula is C25H37N3O4S. The number of hydrogen-bond donors (Lipinski definition) is 3. The smallest absolute Gasteiger partial charge is 0.269 e. The third-order valence-electron chi connectivity index (χ3n) is 4.92. The lowest BCUT2D eigenvalue weighted by Crippen LogP contribution is -2.33. The fourth-order valence-electron chi connectivity index (χ4n) is 3.16. The van der Waals surface area contributed by atoms with Crippen molar-refractivity contribution < 1.29 is 14.8 Å². The van der Waals surface area contributed by atoms with E-state index >= 15 is 0 Å². The molecule has 1 fully saturated rings. The summed E-state index contributed by atoms with van der Waals surface area (Å²) >= 11 is 1.30. The third kappa shape index (κ3) is 13.0. The zero-order valence-electron chi connectivity index (χ0n) is 19.8. The van der Waals surface area contributed by atoms with E-state index in [1.807, 2.05) is 32.0 Å². The van der Waals surface area contributed by atoms with E-state index in [4.69, 9.17) is 0 Å². The summed E-state index contributed by atoms with van der Waals surface area (Å²) in [4.78, 5) is 22.7. The summed E-state index contributed by atoms with van der Waals surface area (Å²) in [6, 6.07) is 16.7. The average molecular weight is 476 g/mol. The Balaban J connectivity index is 0.000000508. The molecule has 2 aromatic carbocycles. The van der Waals surface area contributed by atoms with Gasteiger partial charge in [0.05, 0.1) is 11.0 Å². The van der Waals surface area contributed by atoms with Gasteiger partial charge in [0.1, 0.15) is 0 Å². The van der Waals surface area contributed by atoms with Gasteiger partial charge < -0.3 is 10.4 Å². The fourth-order valence-corrected chi connectivity index (χ4v) is 3.88. The number of carbonyl (C=O) groups is 1. The van der Waals surface area contributed by atoms with E-state index in [9.17, 15) is 20.0 Å². The van der Waals surface area contributed by atoms with Crippen molar-refractivity contribution in [3.63, 3.8) is 0 Å². The number of aliphatic hydroxyl groups excluding tert-OH is 1. The molecule has 7 nitrogen and oxygen atoms in total. The highest BCUT2D eigenvalue weighted by Gasteiger charge is 2.17. The van der Waals surface area contributed by atoms with Crippen LogP contribution in [-0.2, 0) is 4.79 Å². The van der Waals surface area contributed by atoms with E-state index < -0.39 is 11.0 Å². The molecule has 3 N–H and O–H groups in total. The summed E-state index contributed by atoms with van der Waals surface area (Å²) in [7, 11) is 0. The minimum Gasteiger partial charge on any atom is -0.392 e. The maximum atomic E-state index is 11.8. The molecule has 0 radical (unpaired) electrons. The van der Waals surface area contributed by atoms with Gasteiger partial charge in [-0.2, -0.15) is 0 Å². The van der Waals surface area contributed by atoms with Gasteiger partial charge in [0.2, 0.25) is 5.91 Å². The van der Waals surface area contributed by atoms with Crippen LogP contribution >= 0.6 is 11.9 Å².